The fraction of sp³-hybridized carbons (Fsp3) is 0.714. The highest BCUT2D eigenvalue weighted by atomic mass is 35.5. The van der Waals surface area contributed by atoms with E-state index in [1.54, 1.807) is 0 Å². The number of aliphatic hydroxyl groups is 3. The lowest BCUT2D eigenvalue weighted by atomic mass is 9.65. The molecule has 5 N–H and O–H groups in total. The van der Waals surface area contributed by atoms with E-state index in [9.17, 15) is 34.5 Å². The summed E-state index contributed by atoms with van der Waals surface area (Å²) in [5.41, 5.74) is -0.364. The Morgan fingerprint density at radius 1 is 0.960 bits per heavy atom. The van der Waals surface area contributed by atoms with Crippen molar-refractivity contribution in [1.29, 1.82) is 0 Å². The molecule has 1 heterocycles. The molecule has 1 fully saturated rings. The second-order valence-electron chi connectivity index (χ2n) is 5.78. The van der Waals surface area contributed by atoms with Gasteiger partial charge in [-0.15, -0.1) is 12.4 Å². The van der Waals surface area contributed by atoms with Crippen molar-refractivity contribution < 1.29 is 44.0 Å². The van der Waals surface area contributed by atoms with Gasteiger partial charge in [0.15, 0.2) is 28.6 Å². The van der Waals surface area contributed by atoms with Gasteiger partial charge in [0.05, 0.1) is 0 Å². The monoisotopic (exact) mass is 383 g/mol. The summed E-state index contributed by atoms with van der Waals surface area (Å²) in [5.74, 6) is -7.08. The molecule has 0 aromatic carbocycles. The van der Waals surface area contributed by atoms with E-state index in [1.807, 2.05) is 0 Å². The summed E-state index contributed by atoms with van der Waals surface area (Å²) in [4.78, 5) is 46.8. The van der Waals surface area contributed by atoms with E-state index in [2.05, 4.69) is 4.74 Å². The molecule has 0 saturated carbocycles. The van der Waals surface area contributed by atoms with Crippen molar-refractivity contribution in [3.8, 4) is 0 Å². The maximum absolute atomic E-state index is 12.0. The third-order valence-electron chi connectivity index (χ3n) is 4.26. The van der Waals surface area contributed by atoms with E-state index < -0.39 is 59.1 Å². The SMILES string of the molecule is CC(=O)OC[C@H]1OC(O)(C(C)=O)[C@H](N)[C@](O)(C(C)=O)[C@@]1(O)C(C)=O.Cl. The first-order chi connectivity index (χ1) is 10.8. The molecule has 0 aromatic heterocycles. The molecule has 0 bridgehead atoms. The summed E-state index contributed by atoms with van der Waals surface area (Å²) in [5, 5.41) is 31.9. The lowest BCUT2D eigenvalue weighted by Gasteiger charge is -2.55. The molecule has 1 aliphatic heterocycles. The first kappa shape index (κ1) is 23.6. The molecule has 1 unspecified atom stereocenters. The van der Waals surface area contributed by atoms with E-state index in [1.165, 1.54) is 0 Å². The summed E-state index contributed by atoms with van der Waals surface area (Å²) in [6.45, 7) is 2.76. The van der Waals surface area contributed by atoms with Crippen molar-refractivity contribution in [3.05, 3.63) is 0 Å². The standard InChI is InChI=1S/C14H21NO9.ClH/c1-6(16)12(20)10(5-23-9(4)19)24-14(22,8(3)18)11(15)13(12,21)7(2)17;/h10-11,20-22H,5,15H2,1-4H3;1H/t10-,11-,12-,13-,14?;/m1./s1. The van der Waals surface area contributed by atoms with Gasteiger partial charge in [0.1, 0.15) is 18.8 Å². The first-order valence-electron chi connectivity index (χ1n) is 7.03. The smallest absolute Gasteiger partial charge is 0.302 e. The molecular weight excluding hydrogens is 362 g/mol. The maximum Gasteiger partial charge on any atom is 0.302 e. The molecule has 1 aliphatic rings. The molecule has 11 heteroatoms. The van der Waals surface area contributed by atoms with Crippen LogP contribution in [-0.2, 0) is 28.7 Å². The molecule has 0 aliphatic carbocycles. The van der Waals surface area contributed by atoms with Crippen molar-refractivity contribution >= 4 is 35.7 Å². The van der Waals surface area contributed by atoms with Crippen molar-refractivity contribution in [2.24, 2.45) is 5.73 Å². The molecule has 0 aromatic rings. The lowest BCUT2D eigenvalue weighted by Crippen LogP contribution is -2.85. The molecule has 10 nitrogen and oxygen atoms in total. The number of ketones is 3. The number of Topliss-reactive ketones (excluding diaryl/α,β-unsaturated/α-hetero) is 3. The number of nitrogens with two attached hydrogens (primary N) is 1. The normalized spacial score (nSPS) is 37.6. The Bertz CT molecular complexity index is 597. The quantitative estimate of drug-likeness (QED) is 0.375. The lowest BCUT2D eigenvalue weighted by molar-refractivity contribution is -0.335. The fourth-order valence-corrected chi connectivity index (χ4v) is 2.77. The Balaban J connectivity index is 0.00000576. The molecule has 5 atom stereocenters. The van der Waals surface area contributed by atoms with Gasteiger partial charge in [-0.05, 0) is 13.8 Å². The van der Waals surface area contributed by atoms with E-state index in [4.69, 9.17) is 10.5 Å². The van der Waals surface area contributed by atoms with Crippen LogP contribution in [0.2, 0.25) is 0 Å². The summed E-state index contributed by atoms with van der Waals surface area (Å²) in [6, 6.07) is -2.16. The second kappa shape index (κ2) is 7.44. The highest BCUT2D eigenvalue weighted by molar-refractivity contribution is 6.00. The number of carbonyl (C=O) groups excluding carboxylic acids is 4. The fourth-order valence-electron chi connectivity index (χ4n) is 2.77. The largest absolute Gasteiger partial charge is 0.463 e. The summed E-state index contributed by atoms with van der Waals surface area (Å²) in [6.07, 6.45) is -1.92. The van der Waals surface area contributed by atoms with Gasteiger partial charge < -0.3 is 30.5 Å². The third kappa shape index (κ3) is 3.33. The Morgan fingerprint density at radius 2 is 1.40 bits per heavy atom. The van der Waals surface area contributed by atoms with Gasteiger partial charge in [-0.25, -0.2) is 0 Å². The molecule has 0 amide bonds. The van der Waals surface area contributed by atoms with Crippen molar-refractivity contribution in [3.63, 3.8) is 0 Å². The Hall–Kier alpha value is -1.43. The number of ether oxygens (including phenoxy) is 2. The van der Waals surface area contributed by atoms with Crippen LogP contribution in [0.1, 0.15) is 27.7 Å². The van der Waals surface area contributed by atoms with Gasteiger partial charge in [0.25, 0.3) is 0 Å². The van der Waals surface area contributed by atoms with E-state index in [0.29, 0.717) is 0 Å². The molecule has 0 spiro atoms. The average molecular weight is 384 g/mol. The predicted octanol–water partition coefficient (Wildman–Crippen LogP) is -2.38. The zero-order valence-electron chi connectivity index (χ0n) is 14.1. The number of carbonyl (C=O) groups is 4. The Morgan fingerprint density at radius 3 is 1.72 bits per heavy atom. The van der Waals surface area contributed by atoms with E-state index in [0.717, 1.165) is 27.7 Å². The van der Waals surface area contributed by atoms with Crippen LogP contribution in [0.15, 0.2) is 0 Å². The van der Waals surface area contributed by atoms with Crippen LogP contribution < -0.4 is 5.73 Å². The Kier molecular flexibility index (Phi) is 7.01. The minimum atomic E-state index is -3.05. The van der Waals surface area contributed by atoms with E-state index >= 15 is 0 Å². The summed E-state index contributed by atoms with van der Waals surface area (Å²) in [7, 11) is 0. The third-order valence-corrected chi connectivity index (χ3v) is 4.26. The van der Waals surface area contributed by atoms with Gasteiger partial charge in [0, 0.05) is 13.8 Å². The van der Waals surface area contributed by atoms with Crippen molar-refractivity contribution in [2.75, 3.05) is 6.61 Å². The molecule has 144 valence electrons. The minimum absolute atomic E-state index is 0. The number of rotatable bonds is 5. The van der Waals surface area contributed by atoms with Crippen LogP contribution in [0.3, 0.4) is 0 Å². The van der Waals surface area contributed by atoms with Crippen LogP contribution in [-0.4, -0.2) is 74.4 Å². The molecular formula is C14H22ClNO9. The zero-order valence-corrected chi connectivity index (χ0v) is 15.0. The molecule has 25 heavy (non-hydrogen) atoms. The maximum atomic E-state index is 12.0. The van der Waals surface area contributed by atoms with Gasteiger partial charge >= 0.3 is 5.97 Å². The van der Waals surface area contributed by atoms with Crippen LogP contribution in [0.5, 0.6) is 0 Å². The number of halogens is 1. The topological polar surface area (TPSA) is 173 Å². The van der Waals surface area contributed by atoms with Crippen molar-refractivity contribution in [2.45, 2.75) is 56.8 Å². The van der Waals surface area contributed by atoms with Crippen LogP contribution in [0.25, 0.3) is 0 Å². The number of hydrogen-bond acceptors (Lipinski definition) is 10. The highest BCUT2D eigenvalue weighted by Crippen LogP contribution is 2.43. The number of hydrogen-bond donors (Lipinski definition) is 4. The number of esters is 1. The van der Waals surface area contributed by atoms with Crippen LogP contribution in [0, 0.1) is 0 Å². The van der Waals surface area contributed by atoms with Gasteiger partial charge in [-0.3, -0.25) is 19.2 Å². The van der Waals surface area contributed by atoms with Crippen LogP contribution in [0.4, 0.5) is 0 Å². The Labute approximate surface area is 149 Å². The highest BCUT2D eigenvalue weighted by Gasteiger charge is 2.74. The summed E-state index contributed by atoms with van der Waals surface area (Å²) < 4.78 is 9.69. The predicted molar refractivity (Wildman–Crippen MR) is 83.6 cm³/mol. The van der Waals surface area contributed by atoms with Crippen molar-refractivity contribution in [1.82, 2.24) is 0 Å². The van der Waals surface area contributed by atoms with Gasteiger partial charge in [-0.1, -0.05) is 0 Å². The average Bonchev–Trinajstić information content (AvgIpc) is 2.46. The molecule has 1 saturated heterocycles. The van der Waals surface area contributed by atoms with E-state index in [-0.39, 0.29) is 12.4 Å². The minimum Gasteiger partial charge on any atom is -0.463 e. The summed E-state index contributed by atoms with van der Waals surface area (Å²) >= 11 is 0. The van der Waals surface area contributed by atoms with Crippen LogP contribution >= 0.6 is 12.4 Å². The second-order valence-corrected chi connectivity index (χ2v) is 5.78. The van der Waals surface area contributed by atoms with Gasteiger partial charge in [0.2, 0.25) is 5.79 Å². The first-order valence-corrected chi connectivity index (χ1v) is 7.03. The molecule has 0 radical (unpaired) electrons. The zero-order chi connectivity index (χ0) is 19.1. The molecule has 1 rings (SSSR count). The van der Waals surface area contributed by atoms with Gasteiger partial charge in [-0.2, -0.15) is 0 Å².